The highest BCUT2D eigenvalue weighted by Gasteiger charge is 2.30. The smallest absolute Gasteiger partial charge is 0.410 e. The van der Waals surface area contributed by atoms with E-state index in [2.05, 4.69) is 5.32 Å². The first kappa shape index (κ1) is 17.8. The van der Waals surface area contributed by atoms with Crippen LogP contribution < -0.4 is 5.32 Å². The van der Waals surface area contributed by atoms with Gasteiger partial charge in [0.2, 0.25) is 5.91 Å². The second-order valence-corrected chi connectivity index (χ2v) is 7.97. The van der Waals surface area contributed by atoms with Gasteiger partial charge in [0.1, 0.15) is 5.60 Å². The van der Waals surface area contributed by atoms with Gasteiger partial charge in [0.25, 0.3) is 0 Å². The lowest BCUT2D eigenvalue weighted by Crippen LogP contribution is -2.45. The second-order valence-electron chi connectivity index (χ2n) is 6.99. The molecule has 1 aromatic heterocycles. The van der Waals surface area contributed by atoms with Crippen molar-refractivity contribution in [3.8, 4) is 0 Å². The summed E-state index contributed by atoms with van der Waals surface area (Å²) in [7, 11) is 0. The zero-order chi connectivity index (χ0) is 17.0. The van der Waals surface area contributed by atoms with Crippen molar-refractivity contribution in [3.05, 3.63) is 22.4 Å². The van der Waals surface area contributed by atoms with Crippen LogP contribution in [0.3, 0.4) is 0 Å². The summed E-state index contributed by atoms with van der Waals surface area (Å²) in [5.41, 5.74) is -0.485. The number of piperidine rings is 1. The maximum Gasteiger partial charge on any atom is 0.410 e. The number of likely N-dealkylation sites (tertiary alicyclic amines) is 1. The van der Waals surface area contributed by atoms with Gasteiger partial charge in [-0.15, -0.1) is 11.3 Å². The van der Waals surface area contributed by atoms with E-state index in [1.807, 2.05) is 45.2 Å². The Morgan fingerprint density at radius 2 is 2.00 bits per heavy atom. The fourth-order valence-corrected chi connectivity index (χ4v) is 3.33. The summed E-state index contributed by atoms with van der Waals surface area (Å²) in [6.45, 7) is 8.71. The van der Waals surface area contributed by atoms with Crippen molar-refractivity contribution in [2.45, 2.75) is 52.2 Å². The van der Waals surface area contributed by atoms with Crippen LogP contribution in [0.2, 0.25) is 0 Å². The van der Waals surface area contributed by atoms with Gasteiger partial charge in [0.15, 0.2) is 0 Å². The molecular weight excluding hydrogens is 312 g/mol. The maximum atomic E-state index is 12.4. The molecule has 1 aliphatic heterocycles. The summed E-state index contributed by atoms with van der Waals surface area (Å²) in [5, 5.41) is 5.08. The van der Waals surface area contributed by atoms with E-state index < -0.39 is 5.60 Å². The van der Waals surface area contributed by atoms with E-state index in [1.54, 1.807) is 16.2 Å². The lowest BCUT2D eigenvalue weighted by atomic mass is 9.96. The average Bonchev–Trinajstić information content (AvgIpc) is 3.00. The Morgan fingerprint density at radius 1 is 1.35 bits per heavy atom. The van der Waals surface area contributed by atoms with Crippen molar-refractivity contribution in [2.75, 3.05) is 13.1 Å². The van der Waals surface area contributed by atoms with E-state index in [4.69, 9.17) is 4.74 Å². The van der Waals surface area contributed by atoms with Crippen LogP contribution in [0.4, 0.5) is 4.79 Å². The first-order chi connectivity index (χ1) is 10.8. The van der Waals surface area contributed by atoms with Crippen LogP contribution >= 0.6 is 11.3 Å². The molecule has 1 N–H and O–H groups in total. The highest BCUT2D eigenvalue weighted by molar-refractivity contribution is 7.10. The quantitative estimate of drug-likeness (QED) is 0.916. The number of rotatable bonds is 3. The van der Waals surface area contributed by atoms with Crippen LogP contribution in [0, 0.1) is 5.92 Å². The van der Waals surface area contributed by atoms with Gasteiger partial charge in [-0.1, -0.05) is 6.07 Å². The predicted octanol–water partition coefficient (Wildman–Crippen LogP) is 3.57. The van der Waals surface area contributed by atoms with E-state index in [0.717, 1.165) is 4.88 Å². The summed E-state index contributed by atoms with van der Waals surface area (Å²) in [4.78, 5) is 27.2. The molecule has 0 bridgehead atoms. The molecule has 2 heterocycles. The molecule has 0 radical (unpaired) electrons. The zero-order valence-electron chi connectivity index (χ0n) is 14.3. The van der Waals surface area contributed by atoms with Gasteiger partial charge in [-0.2, -0.15) is 0 Å². The summed E-state index contributed by atoms with van der Waals surface area (Å²) in [6, 6.07) is 4.05. The fraction of sp³-hybridized carbons (Fsp3) is 0.647. The number of nitrogens with zero attached hydrogens (tertiary/aromatic N) is 1. The van der Waals surface area contributed by atoms with Gasteiger partial charge in [-0.05, 0) is 52.0 Å². The largest absolute Gasteiger partial charge is 0.444 e. The van der Waals surface area contributed by atoms with Gasteiger partial charge >= 0.3 is 6.09 Å². The van der Waals surface area contributed by atoms with Crippen LogP contribution in [0.1, 0.15) is 51.5 Å². The molecule has 1 atom stereocenters. The van der Waals surface area contributed by atoms with E-state index in [0.29, 0.717) is 25.9 Å². The van der Waals surface area contributed by atoms with E-state index in [1.165, 1.54) is 0 Å². The zero-order valence-corrected chi connectivity index (χ0v) is 15.1. The monoisotopic (exact) mass is 338 g/mol. The molecule has 1 fully saturated rings. The Balaban J connectivity index is 1.79. The van der Waals surface area contributed by atoms with Crippen molar-refractivity contribution in [1.82, 2.24) is 10.2 Å². The lowest BCUT2D eigenvalue weighted by Gasteiger charge is -2.33. The maximum absolute atomic E-state index is 12.4. The van der Waals surface area contributed by atoms with Gasteiger partial charge in [-0.3, -0.25) is 4.79 Å². The van der Waals surface area contributed by atoms with Crippen LogP contribution in [0.5, 0.6) is 0 Å². The molecule has 1 aromatic rings. The van der Waals surface area contributed by atoms with Crippen molar-refractivity contribution in [2.24, 2.45) is 5.92 Å². The molecule has 128 valence electrons. The van der Waals surface area contributed by atoms with Gasteiger partial charge < -0.3 is 15.0 Å². The number of thiophene rings is 1. The number of amides is 2. The summed E-state index contributed by atoms with van der Waals surface area (Å²) >= 11 is 1.65. The normalized spacial score (nSPS) is 17.7. The molecule has 0 spiro atoms. The Kier molecular flexibility index (Phi) is 5.68. The Morgan fingerprint density at radius 3 is 2.52 bits per heavy atom. The topological polar surface area (TPSA) is 58.6 Å². The van der Waals surface area contributed by atoms with Crippen LogP contribution in [-0.2, 0) is 9.53 Å². The van der Waals surface area contributed by atoms with Gasteiger partial charge in [-0.25, -0.2) is 4.79 Å². The minimum Gasteiger partial charge on any atom is -0.444 e. The number of ether oxygens (including phenoxy) is 1. The number of carbonyl (C=O) groups is 2. The Bertz CT molecular complexity index is 529. The molecule has 1 saturated heterocycles. The number of nitrogens with one attached hydrogen (secondary N) is 1. The third-order valence-electron chi connectivity index (χ3n) is 3.85. The summed E-state index contributed by atoms with van der Waals surface area (Å²) < 4.78 is 5.37. The van der Waals surface area contributed by atoms with E-state index >= 15 is 0 Å². The first-order valence-corrected chi connectivity index (χ1v) is 8.96. The minimum absolute atomic E-state index is 0.0314. The van der Waals surface area contributed by atoms with E-state index in [-0.39, 0.29) is 24.0 Å². The predicted molar refractivity (Wildman–Crippen MR) is 91.4 cm³/mol. The highest BCUT2D eigenvalue weighted by Crippen LogP contribution is 2.23. The van der Waals surface area contributed by atoms with Gasteiger partial charge in [0.05, 0.1) is 6.04 Å². The molecule has 6 heteroatoms. The second kappa shape index (κ2) is 7.34. The molecule has 1 aliphatic rings. The fourth-order valence-electron chi connectivity index (χ4n) is 2.59. The third kappa shape index (κ3) is 5.23. The SMILES string of the molecule is C[C@H](NC(=O)C1CCN(C(=O)OC(C)(C)C)CC1)c1cccs1. The number of carbonyl (C=O) groups excluding carboxylic acids is 2. The van der Waals surface area contributed by atoms with Crippen molar-refractivity contribution >= 4 is 23.3 Å². The van der Waals surface area contributed by atoms with Gasteiger partial charge in [0, 0.05) is 23.9 Å². The molecule has 5 nitrogen and oxygen atoms in total. The molecular formula is C17H26N2O3S. The summed E-state index contributed by atoms with van der Waals surface area (Å²) in [6.07, 6.45) is 1.08. The molecule has 2 rings (SSSR count). The number of hydrogen-bond acceptors (Lipinski definition) is 4. The van der Waals surface area contributed by atoms with E-state index in [9.17, 15) is 9.59 Å². The van der Waals surface area contributed by atoms with Crippen LogP contribution in [0.15, 0.2) is 17.5 Å². The first-order valence-electron chi connectivity index (χ1n) is 8.08. The number of hydrogen-bond donors (Lipinski definition) is 1. The van der Waals surface area contributed by atoms with Crippen molar-refractivity contribution in [1.29, 1.82) is 0 Å². The average molecular weight is 338 g/mol. The molecule has 0 aromatic carbocycles. The summed E-state index contributed by atoms with van der Waals surface area (Å²) in [5.74, 6) is 0.0471. The Hall–Kier alpha value is -1.56. The van der Waals surface area contributed by atoms with Crippen LogP contribution in [-0.4, -0.2) is 35.6 Å². The van der Waals surface area contributed by atoms with Crippen LogP contribution in [0.25, 0.3) is 0 Å². The van der Waals surface area contributed by atoms with Crippen molar-refractivity contribution in [3.63, 3.8) is 0 Å². The minimum atomic E-state index is -0.485. The highest BCUT2D eigenvalue weighted by atomic mass is 32.1. The van der Waals surface area contributed by atoms with Crippen molar-refractivity contribution < 1.29 is 14.3 Å². The molecule has 0 unspecified atom stereocenters. The molecule has 0 saturated carbocycles. The molecule has 2 amide bonds. The lowest BCUT2D eigenvalue weighted by molar-refractivity contribution is -0.127. The Labute approximate surface area is 142 Å². The third-order valence-corrected chi connectivity index (χ3v) is 4.90. The molecule has 23 heavy (non-hydrogen) atoms. The molecule has 0 aliphatic carbocycles. The standard InChI is InChI=1S/C17H26N2O3S/c1-12(14-6-5-11-23-14)18-15(20)13-7-9-19(10-8-13)16(21)22-17(2,3)4/h5-6,11-13H,7-10H2,1-4H3,(H,18,20)/t12-/m0/s1.